The van der Waals surface area contributed by atoms with Crippen molar-refractivity contribution in [3.8, 4) is 0 Å². The molecule has 1 aromatic heterocycles. The van der Waals surface area contributed by atoms with Crippen LogP contribution in [0, 0.1) is 0 Å². The second-order valence-electron chi connectivity index (χ2n) is 3.83. The molecule has 2 rings (SSSR count). The highest BCUT2D eigenvalue weighted by Gasteiger charge is 2.00. The van der Waals surface area contributed by atoms with Gasteiger partial charge in [0.05, 0.1) is 13.0 Å². The summed E-state index contributed by atoms with van der Waals surface area (Å²) in [6, 6.07) is 9.57. The molecule has 0 atom stereocenters. The van der Waals surface area contributed by atoms with Crippen molar-refractivity contribution in [2.45, 2.75) is 17.9 Å². The maximum Gasteiger partial charge on any atom is 0.307 e. The number of aryl methyl sites for hydroxylation is 1. The van der Waals surface area contributed by atoms with Crippen LogP contribution in [0.1, 0.15) is 5.56 Å². The van der Waals surface area contributed by atoms with Gasteiger partial charge in [-0.2, -0.15) is 5.10 Å². The van der Waals surface area contributed by atoms with Crippen LogP contribution in [0.15, 0.2) is 47.6 Å². The van der Waals surface area contributed by atoms with Gasteiger partial charge in [0.1, 0.15) is 0 Å². The number of aliphatic carboxylic acids is 1. The Kier molecular flexibility index (Phi) is 4.41. The summed E-state index contributed by atoms with van der Waals surface area (Å²) < 4.78 is 1.89. The van der Waals surface area contributed by atoms with E-state index in [-0.39, 0.29) is 6.42 Å². The van der Waals surface area contributed by atoms with Gasteiger partial charge in [-0.1, -0.05) is 12.1 Å². The Labute approximate surface area is 110 Å². The van der Waals surface area contributed by atoms with Crippen molar-refractivity contribution < 1.29 is 9.90 Å². The monoisotopic (exact) mass is 262 g/mol. The highest BCUT2D eigenvalue weighted by atomic mass is 32.2. The van der Waals surface area contributed by atoms with E-state index in [1.54, 1.807) is 18.0 Å². The highest BCUT2D eigenvalue weighted by Crippen LogP contribution is 2.18. The molecule has 0 amide bonds. The number of rotatable bonds is 6. The predicted molar refractivity (Wildman–Crippen MR) is 70.7 cm³/mol. The Morgan fingerprint density at radius 2 is 2.11 bits per heavy atom. The van der Waals surface area contributed by atoms with E-state index in [0.29, 0.717) is 0 Å². The molecule has 0 radical (unpaired) electrons. The quantitative estimate of drug-likeness (QED) is 0.812. The van der Waals surface area contributed by atoms with Crippen LogP contribution in [0.4, 0.5) is 0 Å². The van der Waals surface area contributed by atoms with Crippen LogP contribution in [-0.2, 0) is 17.8 Å². The standard InChI is InChI=1S/C13H14N2O2S/c16-13(17)10-11-2-4-12(5-3-11)18-9-8-15-7-1-6-14-15/h1-7H,8-10H2,(H,16,17). The number of benzene rings is 1. The maximum absolute atomic E-state index is 10.5. The third-order valence-corrected chi connectivity index (χ3v) is 3.42. The largest absolute Gasteiger partial charge is 0.481 e. The average molecular weight is 262 g/mol. The van der Waals surface area contributed by atoms with Crippen molar-refractivity contribution in [2.24, 2.45) is 0 Å². The van der Waals surface area contributed by atoms with Crippen molar-refractivity contribution in [3.63, 3.8) is 0 Å². The molecule has 18 heavy (non-hydrogen) atoms. The summed E-state index contributed by atoms with van der Waals surface area (Å²) in [5.41, 5.74) is 0.832. The zero-order valence-electron chi connectivity index (χ0n) is 9.82. The lowest BCUT2D eigenvalue weighted by Gasteiger charge is -2.03. The van der Waals surface area contributed by atoms with Gasteiger partial charge in [-0.25, -0.2) is 0 Å². The first kappa shape index (κ1) is 12.7. The van der Waals surface area contributed by atoms with Gasteiger partial charge >= 0.3 is 5.97 Å². The molecule has 0 spiro atoms. The van der Waals surface area contributed by atoms with Gasteiger partial charge < -0.3 is 5.11 Å². The summed E-state index contributed by atoms with van der Waals surface area (Å²) in [6.07, 6.45) is 3.79. The van der Waals surface area contributed by atoms with E-state index in [1.807, 2.05) is 41.2 Å². The van der Waals surface area contributed by atoms with Crippen molar-refractivity contribution in [1.29, 1.82) is 0 Å². The van der Waals surface area contributed by atoms with Crippen LogP contribution >= 0.6 is 11.8 Å². The molecule has 2 aromatic rings. The number of hydrogen-bond acceptors (Lipinski definition) is 3. The smallest absolute Gasteiger partial charge is 0.307 e. The van der Waals surface area contributed by atoms with Gasteiger partial charge in [0.25, 0.3) is 0 Å². The van der Waals surface area contributed by atoms with Gasteiger partial charge in [-0.3, -0.25) is 9.48 Å². The van der Waals surface area contributed by atoms with Crippen molar-refractivity contribution in [2.75, 3.05) is 5.75 Å². The first-order valence-electron chi connectivity index (χ1n) is 5.65. The fraction of sp³-hybridized carbons (Fsp3) is 0.231. The van der Waals surface area contributed by atoms with Gasteiger partial charge in [-0.05, 0) is 23.8 Å². The Hall–Kier alpha value is -1.75. The summed E-state index contributed by atoms with van der Waals surface area (Å²) in [4.78, 5) is 11.7. The van der Waals surface area contributed by atoms with Crippen molar-refractivity contribution >= 4 is 17.7 Å². The summed E-state index contributed by atoms with van der Waals surface area (Å²) in [6.45, 7) is 0.870. The number of carboxylic acids is 1. The van der Waals surface area contributed by atoms with E-state index in [4.69, 9.17) is 5.11 Å². The van der Waals surface area contributed by atoms with Gasteiger partial charge in [0, 0.05) is 23.0 Å². The minimum atomic E-state index is -0.797. The van der Waals surface area contributed by atoms with Crippen LogP contribution in [0.5, 0.6) is 0 Å². The lowest BCUT2D eigenvalue weighted by atomic mass is 10.2. The average Bonchev–Trinajstić information content (AvgIpc) is 2.84. The molecule has 0 saturated carbocycles. The van der Waals surface area contributed by atoms with Crippen LogP contribution in [0.25, 0.3) is 0 Å². The summed E-state index contributed by atoms with van der Waals surface area (Å²) in [5.74, 6) is 0.147. The Balaban J connectivity index is 1.81. The van der Waals surface area contributed by atoms with Crippen molar-refractivity contribution in [3.05, 3.63) is 48.3 Å². The molecule has 1 N–H and O–H groups in total. The van der Waals surface area contributed by atoms with E-state index in [0.717, 1.165) is 22.8 Å². The predicted octanol–water partition coefficient (Wildman–Crippen LogP) is 2.30. The molecule has 0 bridgehead atoms. The number of nitrogens with zero attached hydrogens (tertiary/aromatic N) is 2. The van der Waals surface area contributed by atoms with Crippen LogP contribution in [0.3, 0.4) is 0 Å². The molecule has 1 heterocycles. The van der Waals surface area contributed by atoms with E-state index in [9.17, 15) is 4.79 Å². The van der Waals surface area contributed by atoms with Crippen LogP contribution < -0.4 is 0 Å². The molecule has 4 nitrogen and oxygen atoms in total. The molecule has 94 valence electrons. The molecule has 0 fully saturated rings. The molecule has 0 unspecified atom stereocenters. The molecule has 0 aliphatic heterocycles. The summed E-state index contributed by atoms with van der Waals surface area (Å²) in [5, 5.41) is 12.8. The van der Waals surface area contributed by atoms with Gasteiger partial charge in [-0.15, -0.1) is 11.8 Å². The van der Waals surface area contributed by atoms with Gasteiger partial charge in [0.2, 0.25) is 0 Å². The summed E-state index contributed by atoms with van der Waals surface area (Å²) >= 11 is 1.74. The zero-order valence-corrected chi connectivity index (χ0v) is 10.6. The Morgan fingerprint density at radius 3 is 2.72 bits per heavy atom. The molecular weight excluding hydrogens is 248 g/mol. The maximum atomic E-state index is 10.5. The molecule has 1 aromatic carbocycles. The highest BCUT2D eigenvalue weighted by molar-refractivity contribution is 7.99. The fourth-order valence-electron chi connectivity index (χ4n) is 1.57. The molecule has 0 aliphatic rings. The topological polar surface area (TPSA) is 55.1 Å². The second-order valence-corrected chi connectivity index (χ2v) is 5.00. The second kappa shape index (κ2) is 6.26. The van der Waals surface area contributed by atoms with Crippen molar-refractivity contribution in [1.82, 2.24) is 9.78 Å². The first-order valence-corrected chi connectivity index (χ1v) is 6.63. The normalized spacial score (nSPS) is 10.4. The number of carboxylic acid groups (broad SMARTS) is 1. The number of aromatic nitrogens is 2. The fourth-order valence-corrected chi connectivity index (χ4v) is 2.41. The van der Waals surface area contributed by atoms with E-state index in [1.165, 1.54) is 0 Å². The summed E-state index contributed by atoms with van der Waals surface area (Å²) in [7, 11) is 0. The lowest BCUT2D eigenvalue weighted by Crippen LogP contribution is -2.00. The first-order chi connectivity index (χ1) is 8.74. The minimum absolute atomic E-state index is 0.0816. The molecular formula is C13H14N2O2S. The number of thioether (sulfide) groups is 1. The minimum Gasteiger partial charge on any atom is -0.481 e. The van der Waals surface area contributed by atoms with Gasteiger partial charge in [0.15, 0.2) is 0 Å². The Bertz CT molecular complexity index is 494. The van der Waals surface area contributed by atoms with Crippen LogP contribution in [0.2, 0.25) is 0 Å². The Morgan fingerprint density at radius 1 is 1.33 bits per heavy atom. The zero-order chi connectivity index (χ0) is 12.8. The lowest BCUT2D eigenvalue weighted by molar-refractivity contribution is -0.136. The SMILES string of the molecule is O=C(O)Cc1ccc(SCCn2cccn2)cc1. The third-order valence-electron chi connectivity index (χ3n) is 2.43. The van der Waals surface area contributed by atoms with E-state index >= 15 is 0 Å². The third kappa shape index (κ3) is 3.92. The van der Waals surface area contributed by atoms with E-state index < -0.39 is 5.97 Å². The number of carbonyl (C=O) groups is 1. The van der Waals surface area contributed by atoms with E-state index in [2.05, 4.69) is 5.10 Å². The molecule has 0 aliphatic carbocycles. The molecule has 0 saturated heterocycles. The number of hydrogen-bond donors (Lipinski definition) is 1. The molecule has 5 heteroatoms. The van der Waals surface area contributed by atoms with Crippen LogP contribution in [-0.4, -0.2) is 26.6 Å².